The number of anilines is 1. The first-order valence-corrected chi connectivity index (χ1v) is 9.64. The highest BCUT2D eigenvalue weighted by Crippen LogP contribution is 2.38. The summed E-state index contributed by atoms with van der Waals surface area (Å²) in [6.45, 7) is 0.195. The van der Waals surface area contributed by atoms with Gasteiger partial charge in [0.1, 0.15) is 5.75 Å². The van der Waals surface area contributed by atoms with Gasteiger partial charge in [0.15, 0.2) is 0 Å². The van der Waals surface area contributed by atoms with Gasteiger partial charge in [-0.05, 0) is 47.7 Å². The largest absolute Gasteiger partial charge is 0.493 e. The number of carbonyl (C=O) groups excluding carboxylic acids is 1. The molecule has 156 valence electrons. The number of nitrogens with zero attached hydrogens (tertiary/aromatic N) is 1. The summed E-state index contributed by atoms with van der Waals surface area (Å²) < 4.78 is 44.2. The van der Waals surface area contributed by atoms with Crippen LogP contribution >= 0.6 is 0 Å². The molecule has 0 aromatic heterocycles. The molecular weight excluding hydrogens is 397 g/mol. The molecule has 1 aliphatic heterocycles. The van der Waals surface area contributed by atoms with Crippen LogP contribution in [0.2, 0.25) is 0 Å². The van der Waals surface area contributed by atoms with Gasteiger partial charge in [-0.25, -0.2) is 0 Å². The molecule has 4 rings (SSSR count). The number of hydrogen-bond donors (Lipinski definition) is 1. The molecule has 0 spiro atoms. The van der Waals surface area contributed by atoms with E-state index in [0.29, 0.717) is 36.1 Å². The maximum Gasteiger partial charge on any atom is 0.416 e. The minimum absolute atomic E-state index is 0.118. The van der Waals surface area contributed by atoms with Gasteiger partial charge in [-0.15, -0.1) is 0 Å². The molecule has 0 radical (unpaired) electrons. The Balaban J connectivity index is 1.58. The molecule has 1 atom stereocenters. The smallest absolute Gasteiger partial charge is 0.416 e. The van der Waals surface area contributed by atoms with E-state index < -0.39 is 11.7 Å². The van der Waals surface area contributed by atoms with Crippen molar-refractivity contribution in [2.75, 3.05) is 11.9 Å². The summed E-state index contributed by atoms with van der Waals surface area (Å²) in [4.78, 5) is 23.6. The van der Waals surface area contributed by atoms with Crippen molar-refractivity contribution in [1.29, 1.82) is 0 Å². The van der Waals surface area contributed by atoms with Gasteiger partial charge >= 0.3 is 6.18 Å². The van der Waals surface area contributed by atoms with Crippen LogP contribution in [0.15, 0.2) is 47.7 Å². The number of aryl methyl sites for hydroxylation is 1. The molecule has 1 unspecified atom stereocenters. The van der Waals surface area contributed by atoms with E-state index in [-0.39, 0.29) is 24.3 Å². The first-order valence-electron chi connectivity index (χ1n) is 9.64. The monoisotopic (exact) mass is 416 g/mol. The summed E-state index contributed by atoms with van der Waals surface area (Å²) in [5.74, 6) is -0.264. The number of halogens is 3. The van der Waals surface area contributed by atoms with Gasteiger partial charge in [0.25, 0.3) is 0 Å². The number of nitroso groups, excluding NO2 is 1. The van der Waals surface area contributed by atoms with Crippen LogP contribution in [0.3, 0.4) is 0 Å². The minimum atomic E-state index is -4.46. The van der Waals surface area contributed by atoms with Crippen molar-refractivity contribution in [2.24, 2.45) is 5.18 Å². The van der Waals surface area contributed by atoms with E-state index in [1.807, 2.05) is 12.1 Å². The number of alkyl halides is 3. The van der Waals surface area contributed by atoms with Crippen molar-refractivity contribution in [1.82, 2.24) is 0 Å². The summed E-state index contributed by atoms with van der Waals surface area (Å²) >= 11 is 0. The highest BCUT2D eigenvalue weighted by Gasteiger charge is 2.32. The van der Waals surface area contributed by atoms with Gasteiger partial charge in [0.2, 0.25) is 5.91 Å². The van der Waals surface area contributed by atoms with Gasteiger partial charge < -0.3 is 10.1 Å². The molecule has 1 aliphatic carbocycles. The van der Waals surface area contributed by atoms with Gasteiger partial charge in [-0.1, -0.05) is 23.4 Å². The average molecular weight is 416 g/mol. The lowest BCUT2D eigenvalue weighted by Gasteiger charge is -2.23. The van der Waals surface area contributed by atoms with Gasteiger partial charge in [-0.2, -0.15) is 18.1 Å². The molecule has 1 amide bonds. The fourth-order valence-electron chi connectivity index (χ4n) is 3.94. The van der Waals surface area contributed by atoms with E-state index in [1.165, 1.54) is 12.1 Å². The van der Waals surface area contributed by atoms with Crippen molar-refractivity contribution >= 4 is 17.2 Å². The zero-order valence-corrected chi connectivity index (χ0v) is 16.0. The lowest BCUT2D eigenvalue weighted by Crippen LogP contribution is -2.20. The first kappa shape index (κ1) is 20.1. The summed E-state index contributed by atoms with van der Waals surface area (Å²) in [6.07, 6.45) is -0.764. The molecule has 0 fully saturated rings. The second-order valence-electron chi connectivity index (χ2n) is 7.41. The molecule has 5 nitrogen and oxygen atoms in total. The van der Waals surface area contributed by atoms with Crippen LogP contribution < -0.4 is 10.1 Å². The van der Waals surface area contributed by atoms with Gasteiger partial charge in [-0.3, -0.25) is 4.79 Å². The van der Waals surface area contributed by atoms with Crippen molar-refractivity contribution in [3.05, 3.63) is 69.6 Å². The number of nitrogens with one attached hydrogen (secondary N) is 1. The summed E-state index contributed by atoms with van der Waals surface area (Å²) in [7, 11) is 0. The van der Waals surface area contributed by atoms with Crippen molar-refractivity contribution < 1.29 is 22.7 Å². The second-order valence-corrected chi connectivity index (χ2v) is 7.41. The van der Waals surface area contributed by atoms with E-state index >= 15 is 0 Å². The predicted octanol–water partition coefficient (Wildman–Crippen LogP) is 5.13. The molecule has 1 heterocycles. The normalized spacial score (nSPS) is 19.4. The zero-order valence-electron chi connectivity index (χ0n) is 16.0. The summed E-state index contributed by atoms with van der Waals surface area (Å²) in [5, 5.41) is 5.99. The van der Waals surface area contributed by atoms with Crippen LogP contribution in [0.4, 0.5) is 18.9 Å². The van der Waals surface area contributed by atoms with Crippen LogP contribution in [0.25, 0.3) is 5.57 Å². The van der Waals surface area contributed by atoms with Crippen LogP contribution in [0.5, 0.6) is 5.75 Å². The summed E-state index contributed by atoms with van der Waals surface area (Å²) in [5.41, 5.74) is 2.91. The number of benzene rings is 2. The maximum atomic E-state index is 12.9. The van der Waals surface area contributed by atoms with Gasteiger partial charge in [0, 0.05) is 30.2 Å². The Morgan fingerprint density at radius 1 is 1.20 bits per heavy atom. The predicted molar refractivity (Wildman–Crippen MR) is 106 cm³/mol. The molecule has 2 aliphatic rings. The third-order valence-electron chi connectivity index (χ3n) is 5.46. The summed E-state index contributed by atoms with van der Waals surface area (Å²) in [6, 6.07) is 8.56. The molecule has 30 heavy (non-hydrogen) atoms. The molecule has 0 saturated carbocycles. The average Bonchev–Trinajstić information content (AvgIpc) is 2.73. The Morgan fingerprint density at radius 2 is 2.03 bits per heavy atom. The Hall–Kier alpha value is -3.16. The van der Waals surface area contributed by atoms with Crippen LogP contribution in [-0.4, -0.2) is 18.6 Å². The maximum absolute atomic E-state index is 12.9. The lowest BCUT2D eigenvalue weighted by atomic mass is 9.87. The first-order chi connectivity index (χ1) is 14.3. The second kappa shape index (κ2) is 7.93. The molecule has 8 heteroatoms. The topological polar surface area (TPSA) is 67.8 Å². The standard InChI is InChI=1S/C22H19F3N2O3/c23-22(24,25)15-5-7-17-14(8-9-30-20(17)11-15)10-21(28)26-19-3-1-2-13-4-6-16(27-29)12-18(13)19/h1-3,5,7,10-11,16H,4,6,8-9,12H2,(H,26,28). The molecule has 2 aromatic rings. The van der Waals surface area contributed by atoms with E-state index in [1.54, 1.807) is 6.07 Å². The quantitative estimate of drug-likeness (QED) is 0.557. The molecular formula is C22H19F3N2O3. The van der Waals surface area contributed by atoms with E-state index in [2.05, 4.69) is 10.5 Å². The van der Waals surface area contributed by atoms with E-state index in [4.69, 9.17) is 4.74 Å². The number of fused-ring (bicyclic) bond motifs is 2. The number of ether oxygens (including phenoxy) is 1. The van der Waals surface area contributed by atoms with E-state index in [9.17, 15) is 22.9 Å². The Bertz CT molecular complexity index is 1030. The minimum Gasteiger partial charge on any atom is -0.493 e. The molecule has 2 aromatic carbocycles. The van der Waals surface area contributed by atoms with Crippen molar-refractivity contribution in [3.8, 4) is 5.75 Å². The third kappa shape index (κ3) is 4.08. The third-order valence-corrected chi connectivity index (χ3v) is 5.46. The van der Waals surface area contributed by atoms with Crippen molar-refractivity contribution in [3.63, 3.8) is 0 Å². The number of amides is 1. The SMILES string of the molecule is O=NC1CCc2cccc(NC(=O)C=C3CCOc4cc(C(F)(F)F)ccc43)c2C1. The number of hydrogen-bond acceptors (Lipinski definition) is 4. The Labute approximate surface area is 170 Å². The molecule has 1 N–H and O–H groups in total. The van der Waals surface area contributed by atoms with Crippen LogP contribution in [-0.2, 0) is 23.8 Å². The van der Waals surface area contributed by atoms with Crippen LogP contribution in [0.1, 0.15) is 35.1 Å². The molecule has 0 saturated heterocycles. The highest BCUT2D eigenvalue weighted by atomic mass is 19.4. The number of carbonyl (C=O) groups is 1. The highest BCUT2D eigenvalue weighted by molar-refractivity contribution is 6.05. The lowest BCUT2D eigenvalue weighted by molar-refractivity contribution is -0.137. The fourth-order valence-corrected chi connectivity index (χ4v) is 3.94. The zero-order chi connectivity index (χ0) is 21.3. The Kier molecular flexibility index (Phi) is 5.32. The van der Waals surface area contributed by atoms with Crippen molar-refractivity contribution in [2.45, 2.75) is 37.9 Å². The van der Waals surface area contributed by atoms with E-state index in [0.717, 1.165) is 29.7 Å². The van der Waals surface area contributed by atoms with Gasteiger partial charge in [0.05, 0.1) is 18.2 Å². The molecule has 0 bridgehead atoms. The fraction of sp³-hybridized carbons (Fsp3) is 0.318. The Morgan fingerprint density at radius 3 is 2.80 bits per heavy atom. The van der Waals surface area contributed by atoms with Crippen LogP contribution in [0, 0.1) is 4.91 Å². The number of rotatable bonds is 3.